The van der Waals surface area contributed by atoms with E-state index in [0.29, 0.717) is 0 Å². The highest BCUT2D eigenvalue weighted by Crippen LogP contribution is 2.39. The molecule has 6 aromatic rings. The van der Waals surface area contributed by atoms with E-state index in [1.54, 1.807) is 7.11 Å². The van der Waals surface area contributed by atoms with E-state index in [0.717, 1.165) is 5.75 Å². The van der Waals surface area contributed by atoms with Gasteiger partial charge in [-0.2, -0.15) is 0 Å². The molecule has 0 atom stereocenters. The molecule has 0 fully saturated rings. The molecule has 0 unspecified atom stereocenters. The summed E-state index contributed by atoms with van der Waals surface area (Å²) in [5, 5.41) is 12.5. The van der Waals surface area contributed by atoms with Gasteiger partial charge in [0.05, 0.1) is 7.11 Å². The lowest BCUT2D eigenvalue weighted by atomic mass is 9.91. The molecule has 0 aliphatic carbocycles. The van der Waals surface area contributed by atoms with Crippen molar-refractivity contribution in [2.75, 3.05) is 7.11 Å². The van der Waals surface area contributed by atoms with E-state index in [1.807, 2.05) is 18.5 Å². The standard InChI is InChI=1S/C26H17NO/c1-28-21-10-11-22-19(14-21)8-6-16-2-4-18-5-3-17-7-9-20-15-27-13-12-23(20)25(17)26(18)24(16)22/h2-15H,1H3. The topological polar surface area (TPSA) is 22.1 Å². The van der Waals surface area contributed by atoms with Crippen molar-refractivity contribution >= 4 is 53.9 Å². The molecule has 0 N–H and O–H groups in total. The summed E-state index contributed by atoms with van der Waals surface area (Å²) in [6, 6.07) is 26.1. The van der Waals surface area contributed by atoms with Crippen molar-refractivity contribution in [3.8, 4) is 5.75 Å². The number of fused-ring (bicyclic) bond motifs is 9. The van der Waals surface area contributed by atoms with Gasteiger partial charge in [0.15, 0.2) is 0 Å². The molecule has 1 aromatic heterocycles. The summed E-state index contributed by atoms with van der Waals surface area (Å²) >= 11 is 0. The molecule has 0 aliphatic rings. The smallest absolute Gasteiger partial charge is 0.119 e. The van der Waals surface area contributed by atoms with E-state index < -0.39 is 0 Å². The Kier molecular flexibility index (Phi) is 3.12. The van der Waals surface area contributed by atoms with Crippen LogP contribution >= 0.6 is 0 Å². The Morgan fingerprint density at radius 2 is 1.14 bits per heavy atom. The fraction of sp³-hybridized carbons (Fsp3) is 0.0385. The van der Waals surface area contributed by atoms with Crippen molar-refractivity contribution in [2.24, 2.45) is 0 Å². The van der Waals surface area contributed by atoms with Gasteiger partial charge in [-0.3, -0.25) is 4.98 Å². The molecule has 0 amide bonds. The molecule has 0 spiro atoms. The highest BCUT2D eigenvalue weighted by Gasteiger charge is 2.11. The van der Waals surface area contributed by atoms with Crippen molar-refractivity contribution in [1.29, 1.82) is 0 Å². The summed E-state index contributed by atoms with van der Waals surface area (Å²) in [6.45, 7) is 0. The molecular formula is C26H17NO. The third-order valence-corrected chi connectivity index (χ3v) is 5.79. The van der Waals surface area contributed by atoms with Gasteiger partial charge in [0.1, 0.15) is 5.75 Å². The van der Waals surface area contributed by atoms with Crippen LogP contribution in [0.1, 0.15) is 0 Å². The zero-order valence-corrected chi connectivity index (χ0v) is 15.4. The Bertz CT molecular complexity index is 1540. The van der Waals surface area contributed by atoms with Gasteiger partial charge in [0.25, 0.3) is 0 Å². The minimum absolute atomic E-state index is 0.883. The number of methoxy groups -OCH3 is 1. The first-order valence-corrected chi connectivity index (χ1v) is 9.42. The van der Waals surface area contributed by atoms with Crippen molar-refractivity contribution in [3.63, 3.8) is 0 Å². The van der Waals surface area contributed by atoms with Crippen molar-refractivity contribution < 1.29 is 4.74 Å². The number of rotatable bonds is 1. The van der Waals surface area contributed by atoms with Crippen LogP contribution in [0.2, 0.25) is 0 Å². The van der Waals surface area contributed by atoms with Crippen LogP contribution in [0.3, 0.4) is 0 Å². The lowest BCUT2D eigenvalue weighted by Crippen LogP contribution is -1.87. The second kappa shape index (κ2) is 5.67. The van der Waals surface area contributed by atoms with Crippen LogP contribution in [-0.2, 0) is 0 Å². The van der Waals surface area contributed by atoms with Gasteiger partial charge >= 0.3 is 0 Å². The van der Waals surface area contributed by atoms with Gasteiger partial charge in [0.2, 0.25) is 0 Å². The third-order valence-electron chi connectivity index (χ3n) is 5.79. The van der Waals surface area contributed by atoms with E-state index in [4.69, 9.17) is 4.74 Å². The average molecular weight is 359 g/mol. The van der Waals surface area contributed by atoms with Crippen LogP contribution in [-0.4, -0.2) is 12.1 Å². The summed E-state index contributed by atoms with van der Waals surface area (Å²) in [7, 11) is 1.71. The normalized spacial score (nSPS) is 11.8. The minimum atomic E-state index is 0.883. The fourth-order valence-electron chi connectivity index (χ4n) is 4.47. The maximum absolute atomic E-state index is 5.44. The Hall–Kier alpha value is -3.65. The van der Waals surface area contributed by atoms with Crippen LogP contribution in [0.4, 0.5) is 0 Å². The van der Waals surface area contributed by atoms with E-state index in [-0.39, 0.29) is 0 Å². The molecule has 0 radical (unpaired) electrons. The van der Waals surface area contributed by atoms with Crippen LogP contribution < -0.4 is 4.74 Å². The van der Waals surface area contributed by atoms with Gasteiger partial charge in [-0.05, 0) is 66.7 Å². The summed E-state index contributed by atoms with van der Waals surface area (Å²) in [5.41, 5.74) is 0. The van der Waals surface area contributed by atoms with Crippen molar-refractivity contribution in [2.45, 2.75) is 0 Å². The van der Waals surface area contributed by atoms with E-state index in [2.05, 4.69) is 71.7 Å². The number of hydrogen-bond acceptors (Lipinski definition) is 2. The molecule has 5 aromatic carbocycles. The number of nitrogens with zero attached hydrogens (tertiary/aromatic N) is 1. The number of ether oxygens (including phenoxy) is 1. The average Bonchev–Trinajstić information content (AvgIpc) is 2.77. The third kappa shape index (κ3) is 2.06. The lowest BCUT2D eigenvalue weighted by Gasteiger charge is -2.13. The molecule has 0 saturated carbocycles. The fourth-order valence-corrected chi connectivity index (χ4v) is 4.47. The maximum atomic E-state index is 5.44. The quantitative estimate of drug-likeness (QED) is 0.299. The number of hydrogen-bond donors (Lipinski definition) is 0. The Morgan fingerprint density at radius 3 is 1.82 bits per heavy atom. The summed E-state index contributed by atoms with van der Waals surface area (Å²) in [5.74, 6) is 0.883. The van der Waals surface area contributed by atoms with E-state index >= 15 is 0 Å². The molecule has 6 rings (SSSR count). The van der Waals surface area contributed by atoms with Crippen LogP contribution in [0.5, 0.6) is 5.75 Å². The first-order chi connectivity index (χ1) is 13.8. The van der Waals surface area contributed by atoms with Gasteiger partial charge in [-0.15, -0.1) is 0 Å². The maximum Gasteiger partial charge on any atom is 0.119 e. The van der Waals surface area contributed by atoms with Gasteiger partial charge in [0, 0.05) is 17.8 Å². The predicted molar refractivity (Wildman–Crippen MR) is 118 cm³/mol. The van der Waals surface area contributed by atoms with E-state index in [9.17, 15) is 0 Å². The van der Waals surface area contributed by atoms with Crippen LogP contribution in [0.25, 0.3) is 53.9 Å². The SMILES string of the molecule is COc1ccc2c(ccc3ccc4ccc5ccc6cnccc6c5c4c32)c1. The minimum Gasteiger partial charge on any atom is -0.497 e. The van der Waals surface area contributed by atoms with Gasteiger partial charge < -0.3 is 4.74 Å². The molecule has 2 heteroatoms. The Labute approximate surface area is 162 Å². The Balaban J connectivity index is 1.95. The predicted octanol–water partition coefficient (Wildman–Crippen LogP) is 6.86. The number of pyridine rings is 1. The second-order valence-corrected chi connectivity index (χ2v) is 7.24. The molecule has 28 heavy (non-hydrogen) atoms. The summed E-state index contributed by atoms with van der Waals surface area (Å²) in [6.07, 6.45) is 3.83. The van der Waals surface area contributed by atoms with Gasteiger partial charge in [-0.1, -0.05) is 54.6 Å². The zero-order valence-electron chi connectivity index (χ0n) is 15.4. The second-order valence-electron chi connectivity index (χ2n) is 7.24. The van der Waals surface area contributed by atoms with E-state index in [1.165, 1.54) is 53.9 Å². The highest BCUT2D eigenvalue weighted by molar-refractivity contribution is 6.31. The van der Waals surface area contributed by atoms with Crippen LogP contribution in [0, 0.1) is 0 Å². The lowest BCUT2D eigenvalue weighted by molar-refractivity contribution is 0.415. The molecule has 0 aliphatic heterocycles. The molecule has 1 heterocycles. The summed E-state index contributed by atoms with van der Waals surface area (Å²) in [4.78, 5) is 4.32. The molecule has 0 saturated heterocycles. The van der Waals surface area contributed by atoms with Gasteiger partial charge in [-0.25, -0.2) is 0 Å². The van der Waals surface area contributed by atoms with Crippen LogP contribution in [0.15, 0.2) is 85.2 Å². The first-order valence-electron chi connectivity index (χ1n) is 9.42. The zero-order chi connectivity index (χ0) is 18.7. The Morgan fingerprint density at radius 1 is 0.571 bits per heavy atom. The molecule has 0 bridgehead atoms. The monoisotopic (exact) mass is 359 g/mol. The summed E-state index contributed by atoms with van der Waals surface area (Å²) < 4.78 is 5.44. The molecule has 2 nitrogen and oxygen atoms in total. The first kappa shape index (κ1) is 15.4. The van der Waals surface area contributed by atoms with Crippen molar-refractivity contribution in [1.82, 2.24) is 4.98 Å². The number of benzene rings is 5. The highest BCUT2D eigenvalue weighted by atomic mass is 16.5. The molecule has 132 valence electrons. The van der Waals surface area contributed by atoms with Crippen molar-refractivity contribution in [3.05, 3.63) is 85.2 Å². The number of aromatic nitrogens is 1. The largest absolute Gasteiger partial charge is 0.497 e. The molecular weight excluding hydrogens is 342 g/mol.